The molecular formula is C22H33N5O. The van der Waals surface area contributed by atoms with Gasteiger partial charge in [0.25, 0.3) is 5.91 Å². The predicted molar refractivity (Wildman–Crippen MR) is 111 cm³/mol. The van der Waals surface area contributed by atoms with Crippen LogP contribution in [0.15, 0.2) is 30.3 Å². The summed E-state index contributed by atoms with van der Waals surface area (Å²) in [6.45, 7) is 9.00. The monoisotopic (exact) mass is 383 g/mol. The molecule has 28 heavy (non-hydrogen) atoms. The van der Waals surface area contributed by atoms with Gasteiger partial charge in [0.1, 0.15) is 0 Å². The summed E-state index contributed by atoms with van der Waals surface area (Å²) < 4.78 is 1.97. The van der Waals surface area contributed by atoms with Crippen molar-refractivity contribution in [1.29, 1.82) is 0 Å². The summed E-state index contributed by atoms with van der Waals surface area (Å²) in [5.41, 5.74) is 2.57. The zero-order chi connectivity index (χ0) is 19.9. The Balaban J connectivity index is 1.88. The summed E-state index contributed by atoms with van der Waals surface area (Å²) in [5, 5.41) is 12.1. The fourth-order valence-corrected chi connectivity index (χ4v) is 4.11. The first-order valence-corrected chi connectivity index (χ1v) is 10.7. The van der Waals surface area contributed by atoms with E-state index in [0.29, 0.717) is 11.7 Å². The lowest BCUT2D eigenvalue weighted by Gasteiger charge is -2.31. The second-order valence-corrected chi connectivity index (χ2v) is 7.64. The quantitative estimate of drug-likeness (QED) is 0.751. The van der Waals surface area contributed by atoms with Crippen molar-refractivity contribution in [2.24, 2.45) is 0 Å². The molecule has 1 unspecified atom stereocenters. The lowest BCUT2D eigenvalue weighted by atomic mass is 10.0. The lowest BCUT2D eigenvalue weighted by Crippen LogP contribution is -2.36. The summed E-state index contributed by atoms with van der Waals surface area (Å²) in [5.74, 6) is 0.00170. The SMILES string of the molecule is CCCCN(C(=O)c1nnn(C2CCNCC2)c1C)C(CC)c1ccccc1. The highest BCUT2D eigenvalue weighted by Crippen LogP contribution is 2.28. The Bertz CT molecular complexity index is 752. The van der Waals surface area contributed by atoms with E-state index < -0.39 is 0 Å². The molecule has 1 saturated heterocycles. The second-order valence-electron chi connectivity index (χ2n) is 7.64. The first-order chi connectivity index (χ1) is 13.7. The molecular weight excluding hydrogens is 350 g/mol. The van der Waals surface area contributed by atoms with E-state index in [1.165, 1.54) is 5.56 Å². The molecule has 1 amide bonds. The lowest BCUT2D eigenvalue weighted by molar-refractivity contribution is 0.0660. The van der Waals surface area contributed by atoms with Crippen LogP contribution in [0.5, 0.6) is 0 Å². The van der Waals surface area contributed by atoms with Gasteiger partial charge in [-0.1, -0.05) is 55.8 Å². The van der Waals surface area contributed by atoms with Crippen molar-refractivity contribution in [3.05, 3.63) is 47.3 Å². The number of benzene rings is 1. The number of piperidine rings is 1. The first-order valence-electron chi connectivity index (χ1n) is 10.7. The average Bonchev–Trinajstić information content (AvgIpc) is 3.13. The Kier molecular flexibility index (Phi) is 7.20. The zero-order valence-corrected chi connectivity index (χ0v) is 17.4. The average molecular weight is 384 g/mol. The van der Waals surface area contributed by atoms with Gasteiger partial charge in [0, 0.05) is 6.54 Å². The Morgan fingerprint density at radius 2 is 1.96 bits per heavy atom. The van der Waals surface area contributed by atoms with Crippen LogP contribution >= 0.6 is 0 Å². The minimum atomic E-state index is 0.00170. The molecule has 0 saturated carbocycles. The van der Waals surface area contributed by atoms with Gasteiger partial charge in [-0.2, -0.15) is 0 Å². The van der Waals surface area contributed by atoms with E-state index in [1.54, 1.807) is 0 Å². The van der Waals surface area contributed by atoms with E-state index in [-0.39, 0.29) is 11.9 Å². The van der Waals surface area contributed by atoms with Crippen LogP contribution < -0.4 is 5.32 Å². The van der Waals surface area contributed by atoms with Crippen molar-refractivity contribution in [3.63, 3.8) is 0 Å². The molecule has 152 valence electrons. The third-order valence-electron chi connectivity index (χ3n) is 5.75. The largest absolute Gasteiger partial charge is 0.330 e. The molecule has 1 aromatic heterocycles. The highest BCUT2D eigenvalue weighted by atomic mass is 16.2. The van der Waals surface area contributed by atoms with E-state index in [0.717, 1.165) is 57.4 Å². The topological polar surface area (TPSA) is 63.1 Å². The number of carbonyl (C=O) groups is 1. The Morgan fingerprint density at radius 1 is 1.25 bits per heavy atom. The number of nitrogens with zero attached hydrogens (tertiary/aromatic N) is 4. The van der Waals surface area contributed by atoms with Gasteiger partial charge in [0.15, 0.2) is 5.69 Å². The number of unbranched alkanes of at least 4 members (excludes halogenated alkanes) is 1. The standard InChI is InChI=1S/C22H33N5O/c1-4-6-16-26(20(5-2)18-10-8-7-9-11-18)22(28)21-17(3)27(25-24-21)19-12-14-23-15-13-19/h7-11,19-20,23H,4-6,12-16H2,1-3H3. The molecule has 1 N–H and O–H groups in total. The van der Waals surface area contributed by atoms with Crippen LogP contribution in [-0.2, 0) is 0 Å². The minimum absolute atomic E-state index is 0.00170. The molecule has 3 rings (SSSR count). The van der Waals surface area contributed by atoms with E-state index in [9.17, 15) is 4.79 Å². The van der Waals surface area contributed by atoms with Crippen molar-refractivity contribution in [3.8, 4) is 0 Å². The Hall–Kier alpha value is -2.21. The van der Waals surface area contributed by atoms with Gasteiger partial charge in [-0.25, -0.2) is 4.68 Å². The molecule has 6 nitrogen and oxygen atoms in total. The summed E-state index contributed by atoms with van der Waals surface area (Å²) >= 11 is 0. The van der Waals surface area contributed by atoms with Crippen LogP contribution in [0.25, 0.3) is 0 Å². The minimum Gasteiger partial charge on any atom is -0.330 e. The normalized spacial score (nSPS) is 16.1. The highest BCUT2D eigenvalue weighted by Gasteiger charge is 2.29. The van der Waals surface area contributed by atoms with Gasteiger partial charge in [-0.15, -0.1) is 5.10 Å². The molecule has 1 aromatic carbocycles. The molecule has 0 spiro atoms. The van der Waals surface area contributed by atoms with Gasteiger partial charge in [-0.05, 0) is 51.3 Å². The molecule has 2 heterocycles. The summed E-state index contributed by atoms with van der Waals surface area (Å²) in [6, 6.07) is 10.7. The third-order valence-corrected chi connectivity index (χ3v) is 5.75. The Labute approximate surface area is 168 Å². The number of aromatic nitrogens is 3. The molecule has 0 bridgehead atoms. The highest BCUT2D eigenvalue weighted by molar-refractivity contribution is 5.93. The van der Waals surface area contributed by atoms with E-state index >= 15 is 0 Å². The second kappa shape index (κ2) is 9.82. The summed E-state index contributed by atoms with van der Waals surface area (Å²) in [6.07, 6.45) is 4.96. The fourth-order valence-electron chi connectivity index (χ4n) is 4.11. The summed E-state index contributed by atoms with van der Waals surface area (Å²) in [4.78, 5) is 15.5. The van der Waals surface area contributed by atoms with Gasteiger partial charge < -0.3 is 10.2 Å². The number of nitrogens with one attached hydrogen (secondary N) is 1. The third kappa shape index (κ3) is 4.43. The van der Waals surface area contributed by atoms with Crippen molar-refractivity contribution in [1.82, 2.24) is 25.2 Å². The van der Waals surface area contributed by atoms with Gasteiger partial charge in [0.2, 0.25) is 0 Å². The predicted octanol–water partition coefficient (Wildman–Crippen LogP) is 3.90. The maximum absolute atomic E-state index is 13.5. The molecule has 2 aromatic rings. The maximum atomic E-state index is 13.5. The van der Waals surface area contributed by atoms with Crippen molar-refractivity contribution in [2.45, 2.75) is 65.0 Å². The fraction of sp³-hybridized carbons (Fsp3) is 0.591. The molecule has 1 aliphatic rings. The van der Waals surface area contributed by atoms with E-state index in [4.69, 9.17) is 0 Å². The molecule has 6 heteroatoms. The van der Waals surface area contributed by atoms with Gasteiger partial charge >= 0.3 is 0 Å². The van der Waals surface area contributed by atoms with Crippen LogP contribution in [-0.4, -0.2) is 45.4 Å². The molecule has 0 radical (unpaired) electrons. The van der Waals surface area contributed by atoms with Crippen LogP contribution in [0.2, 0.25) is 0 Å². The van der Waals surface area contributed by atoms with Crippen LogP contribution in [0, 0.1) is 6.92 Å². The van der Waals surface area contributed by atoms with Crippen molar-refractivity contribution >= 4 is 5.91 Å². The molecule has 0 aliphatic carbocycles. The number of hydrogen-bond donors (Lipinski definition) is 1. The molecule has 1 aliphatic heterocycles. The number of carbonyl (C=O) groups excluding carboxylic acids is 1. The number of hydrogen-bond acceptors (Lipinski definition) is 4. The zero-order valence-electron chi connectivity index (χ0n) is 17.4. The molecule has 1 atom stereocenters. The number of rotatable bonds is 8. The smallest absolute Gasteiger partial charge is 0.276 e. The first kappa shape index (κ1) is 20.5. The van der Waals surface area contributed by atoms with E-state index in [2.05, 4.69) is 41.6 Å². The Morgan fingerprint density at radius 3 is 2.61 bits per heavy atom. The van der Waals surface area contributed by atoms with E-state index in [1.807, 2.05) is 34.7 Å². The van der Waals surface area contributed by atoms with Crippen LogP contribution in [0.3, 0.4) is 0 Å². The molecule has 1 fully saturated rings. The van der Waals surface area contributed by atoms with Crippen molar-refractivity contribution < 1.29 is 4.79 Å². The van der Waals surface area contributed by atoms with Crippen LogP contribution in [0.4, 0.5) is 0 Å². The summed E-state index contributed by atoms with van der Waals surface area (Å²) in [7, 11) is 0. The maximum Gasteiger partial charge on any atom is 0.276 e. The number of amides is 1. The van der Waals surface area contributed by atoms with Gasteiger partial charge in [0.05, 0.1) is 17.8 Å². The van der Waals surface area contributed by atoms with Gasteiger partial charge in [-0.3, -0.25) is 4.79 Å². The van der Waals surface area contributed by atoms with Crippen molar-refractivity contribution in [2.75, 3.05) is 19.6 Å². The van der Waals surface area contributed by atoms with Crippen LogP contribution in [0.1, 0.15) is 79.8 Å².